The Morgan fingerprint density at radius 3 is 2.55 bits per heavy atom. The third-order valence-electron chi connectivity index (χ3n) is 5.63. The standard InChI is InChI=1S/C21H20F3N5O4/c1-10-6-12(21(22,23)24)7-15(26-10)29-16(17(30)18(31)20(29)33)19(32)27(2)13-5-4-11-9-25-28(3)14(11)8-13/h4-9,16-18,30-31H,1-3H3/t16-,17?,18-/m0/s1. The molecule has 2 aromatic heterocycles. The molecule has 33 heavy (non-hydrogen) atoms. The minimum Gasteiger partial charge on any atom is -0.387 e. The van der Waals surface area contributed by atoms with Gasteiger partial charge in [-0.15, -0.1) is 0 Å². The summed E-state index contributed by atoms with van der Waals surface area (Å²) in [5.41, 5.74) is -0.0212. The van der Waals surface area contributed by atoms with Crippen LogP contribution in [-0.2, 0) is 22.8 Å². The number of likely N-dealkylation sites (N-methyl/N-ethyl adjacent to an activating group) is 1. The van der Waals surface area contributed by atoms with Gasteiger partial charge < -0.3 is 15.1 Å². The van der Waals surface area contributed by atoms with Crippen molar-refractivity contribution in [3.63, 3.8) is 0 Å². The largest absolute Gasteiger partial charge is 0.416 e. The second kappa shape index (κ2) is 7.81. The van der Waals surface area contributed by atoms with Gasteiger partial charge in [-0.05, 0) is 37.3 Å². The molecule has 3 atom stereocenters. The number of aryl methyl sites for hydroxylation is 2. The molecule has 12 heteroatoms. The van der Waals surface area contributed by atoms with Gasteiger partial charge in [0.15, 0.2) is 6.10 Å². The second-order valence-electron chi connectivity index (χ2n) is 7.85. The van der Waals surface area contributed by atoms with Crippen LogP contribution in [-0.4, -0.2) is 62.1 Å². The molecule has 9 nitrogen and oxygen atoms in total. The molecule has 0 bridgehead atoms. The number of carbonyl (C=O) groups excluding carboxylic acids is 2. The number of anilines is 2. The molecule has 0 spiro atoms. The van der Waals surface area contributed by atoms with Gasteiger partial charge in [-0.3, -0.25) is 19.2 Å². The van der Waals surface area contributed by atoms with E-state index >= 15 is 0 Å². The minimum absolute atomic E-state index is 0.0512. The lowest BCUT2D eigenvalue weighted by Gasteiger charge is -2.29. The van der Waals surface area contributed by atoms with Crippen LogP contribution in [0, 0.1) is 6.92 Å². The summed E-state index contributed by atoms with van der Waals surface area (Å²) in [6.45, 7) is 1.30. The fraction of sp³-hybridized carbons (Fsp3) is 0.333. The maximum atomic E-state index is 13.3. The molecule has 2 amide bonds. The van der Waals surface area contributed by atoms with Gasteiger partial charge in [0.1, 0.15) is 18.0 Å². The van der Waals surface area contributed by atoms with Crippen molar-refractivity contribution < 1.29 is 33.0 Å². The Bertz CT molecular complexity index is 1260. The topological polar surface area (TPSA) is 112 Å². The van der Waals surface area contributed by atoms with Gasteiger partial charge in [-0.1, -0.05) is 0 Å². The summed E-state index contributed by atoms with van der Waals surface area (Å²) in [4.78, 5) is 31.7. The summed E-state index contributed by atoms with van der Waals surface area (Å²) >= 11 is 0. The molecule has 2 N–H and O–H groups in total. The van der Waals surface area contributed by atoms with Crippen LogP contribution >= 0.6 is 0 Å². The summed E-state index contributed by atoms with van der Waals surface area (Å²) in [7, 11) is 3.11. The first-order chi connectivity index (χ1) is 15.4. The minimum atomic E-state index is -4.72. The quantitative estimate of drug-likeness (QED) is 0.608. The summed E-state index contributed by atoms with van der Waals surface area (Å²) in [6.07, 6.45) is -6.95. The van der Waals surface area contributed by atoms with Gasteiger partial charge in [0.05, 0.1) is 17.3 Å². The van der Waals surface area contributed by atoms with Gasteiger partial charge in [0.2, 0.25) is 0 Å². The van der Waals surface area contributed by atoms with Gasteiger partial charge in [-0.2, -0.15) is 18.3 Å². The molecule has 3 aromatic rings. The van der Waals surface area contributed by atoms with Crippen molar-refractivity contribution in [2.75, 3.05) is 16.8 Å². The number of amides is 2. The lowest BCUT2D eigenvalue weighted by atomic mass is 10.1. The van der Waals surface area contributed by atoms with E-state index in [1.165, 1.54) is 14.0 Å². The number of benzene rings is 1. The zero-order valence-electron chi connectivity index (χ0n) is 17.8. The van der Waals surface area contributed by atoms with E-state index in [1.54, 1.807) is 36.1 Å². The van der Waals surface area contributed by atoms with Crippen LogP contribution in [0.15, 0.2) is 36.5 Å². The molecule has 1 unspecified atom stereocenters. The van der Waals surface area contributed by atoms with Crippen LogP contribution < -0.4 is 9.80 Å². The Morgan fingerprint density at radius 2 is 1.88 bits per heavy atom. The van der Waals surface area contributed by atoms with Crippen LogP contribution in [0.2, 0.25) is 0 Å². The number of halogens is 3. The van der Waals surface area contributed by atoms with Gasteiger partial charge in [0.25, 0.3) is 11.8 Å². The SMILES string of the molecule is Cc1cc(C(F)(F)F)cc(N2C(=O)[C@@H](O)C(O)[C@H]2C(=O)N(C)c2ccc3cnn(C)c3c2)n1. The Kier molecular flexibility index (Phi) is 5.37. The number of aliphatic hydroxyl groups is 2. The molecule has 1 saturated heterocycles. The molecule has 0 radical (unpaired) electrons. The van der Waals surface area contributed by atoms with Crippen LogP contribution in [0.5, 0.6) is 0 Å². The summed E-state index contributed by atoms with van der Waals surface area (Å²) in [5, 5.41) is 25.6. The fourth-order valence-corrected chi connectivity index (χ4v) is 3.87. The van der Waals surface area contributed by atoms with Crippen molar-refractivity contribution in [3.8, 4) is 0 Å². The molecule has 1 aliphatic rings. The number of nitrogens with zero attached hydrogens (tertiary/aromatic N) is 5. The average molecular weight is 463 g/mol. The number of carbonyl (C=O) groups is 2. The maximum Gasteiger partial charge on any atom is 0.416 e. The van der Waals surface area contributed by atoms with Gasteiger partial charge >= 0.3 is 6.18 Å². The summed E-state index contributed by atoms with van der Waals surface area (Å²) in [5.74, 6) is -2.43. The van der Waals surface area contributed by atoms with E-state index in [9.17, 15) is 33.0 Å². The van der Waals surface area contributed by atoms with Gasteiger partial charge in [0, 0.05) is 30.9 Å². The van der Waals surface area contributed by atoms with Crippen molar-refractivity contribution >= 4 is 34.2 Å². The molecule has 174 valence electrons. The highest BCUT2D eigenvalue weighted by atomic mass is 19.4. The molecule has 0 saturated carbocycles. The number of aliphatic hydroxyl groups excluding tert-OH is 2. The number of hydrogen-bond donors (Lipinski definition) is 2. The maximum absolute atomic E-state index is 13.3. The Labute approximate surface area is 185 Å². The summed E-state index contributed by atoms with van der Waals surface area (Å²) < 4.78 is 41.5. The highest BCUT2D eigenvalue weighted by molar-refractivity contribution is 6.11. The Hall–Kier alpha value is -3.51. The van der Waals surface area contributed by atoms with Crippen molar-refractivity contribution in [3.05, 3.63) is 47.8 Å². The molecule has 1 aromatic carbocycles. The van der Waals surface area contributed by atoms with Crippen molar-refractivity contribution in [1.29, 1.82) is 0 Å². The Balaban J connectivity index is 1.75. The third-order valence-corrected chi connectivity index (χ3v) is 5.63. The van der Waals surface area contributed by atoms with E-state index in [0.717, 1.165) is 16.4 Å². The monoisotopic (exact) mass is 463 g/mol. The average Bonchev–Trinajstić information content (AvgIpc) is 3.23. The number of pyridine rings is 1. The number of hydrogen-bond acceptors (Lipinski definition) is 6. The van der Waals surface area contributed by atoms with E-state index in [-0.39, 0.29) is 5.69 Å². The second-order valence-corrected chi connectivity index (χ2v) is 7.85. The smallest absolute Gasteiger partial charge is 0.387 e. The number of rotatable bonds is 3. The van der Waals surface area contributed by atoms with Crippen LogP contribution in [0.3, 0.4) is 0 Å². The highest BCUT2D eigenvalue weighted by Crippen LogP contribution is 2.35. The highest BCUT2D eigenvalue weighted by Gasteiger charge is 2.52. The molecular formula is C21H20F3N5O4. The van der Waals surface area contributed by atoms with E-state index < -0.39 is 47.6 Å². The van der Waals surface area contributed by atoms with E-state index in [2.05, 4.69) is 10.1 Å². The van der Waals surface area contributed by atoms with E-state index in [1.807, 2.05) is 0 Å². The normalized spacial score (nSPS) is 21.2. The Morgan fingerprint density at radius 1 is 1.18 bits per heavy atom. The fourth-order valence-electron chi connectivity index (χ4n) is 3.87. The molecule has 0 aliphatic carbocycles. The van der Waals surface area contributed by atoms with Crippen LogP contribution in [0.4, 0.5) is 24.7 Å². The third kappa shape index (κ3) is 3.80. The number of alkyl halides is 3. The predicted molar refractivity (Wildman–Crippen MR) is 111 cm³/mol. The molecule has 1 aliphatic heterocycles. The molecular weight excluding hydrogens is 443 g/mol. The van der Waals surface area contributed by atoms with Crippen LogP contribution in [0.25, 0.3) is 10.9 Å². The van der Waals surface area contributed by atoms with Crippen molar-refractivity contribution in [2.24, 2.45) is 7.05 Å². The molecule has 3 heterocycles. The zero-order chi connectivity index (χ0) is 24.2. The molecule has 1 fully saturated rings. The lowest BCUT2D eigenvalue weighted by Crippen LogP contribution is -2.50. The number of fused-ring (bicyclic) bond motifs is 1. The van der Waals surface area contributed by atoms with Crippen LogP contribution in [0.1, 0.15) is 11.3 Å². The van der Waals surface area contributed by atoms with E-state index in [0.29, 0.717) is 22.2 Å². The van der Waals surface area contributed by atoms with E-state index in [4.69, 9.17) is 0 Å². The zero-order valence-corrected chi connectivity index (χ0v) is 17.8. The summed E-state index contributed by atoms with van der Waals surface area (Å²) in [6, 6.07) is 4.73. The van der Waals surface area contributed by atoms with Crippen molar-refractivity contribution in [1.82, 2.24) is 14.8 Å². The van der Waals surface area contributed by atoms with Gasteiger partial charge in [-0.25, -0.2) is 4.98 Å². The lowest BCUT2D eigenvalue weighted by molar-refractivity contribution is -0.137. The molecule has 4 rings (SSSR count). The first kappa shape index (κ1) is 22.7. The predicted octanol–water partition coefficient (Wildman–Crippen LogP) is 1.40. The number of aromatic nitrogens is 3. The van der Waals surface area contributed by atoms with Crippen molar-refractivity contribution in [2.45, 2.75) is 31.3 Å². The first-order valence-electron chi connectivity index (χ1n) is 9.84. The first-order valence-corrected chi connectivity index (χ1v) is 9.84.